The summed E-state index contributed by atoms with van der Waals surface area (Å²) in [6.07, 6.45) is 0. The highest BCUT2D eigenvalue weighted by Crippen LogP contribution is 2.18. The van der Waals surface area contributed by atoms with Crippen LogP contribution in [-0.4, -0.2) is 20.8 Å². The minimum Gasteiger partial charge on any atom is -0.468 e. The number of carbonyl (C=O) groups excluding carboxylic acids is 2. The minimum absolute atomic E-state index is 0.231. The lowest BCUT2D eigenvalue weighted by molar-refractivity contribution is -0.143. The topological polar surface area (TPSA) is 67.2 Å². The summed E-state index contributed by atoms with van der Waals surface area (Å²) in [5.41, 5.74) is 0. The maximum atomic E-state index is 10.9. The second kappa shape index (κ2) is 5.69. The van der Waals surface area contributed by atoms with Crippen molar-refractivity contribution < 1.29 is 14.3 Å². The first-order chi connectivity index (χ1) is 5.54. The molecule has 0 aromatic carbocycles. The SMILES string of the molecule is COC(=O)C(C#N)C(I)C(=O)I. The van der Waals surface area contributed by atoms with Crippen molar-refractivity contribution in [2.45, 2.75) is 3.92 Å². The first-order valence-electron chi connectivity index (χ1n) is 2.85. The third-order valence-corrected chi connectivity index (χ3v) is 4.25. The van der Waals surface area contributed by atoms with Gasteiger partial charge in [0, 0.05) is 22.6 Å². The monoisotopic (exact) mass is 393 g/mol. The molecule has 4 nitrogen and oxygen atoms in total. The molecule has 0 heterocycles. The van der Waals surface area contributed by atoms with Crippen molar-refractivity contribution in [2.24, 2.45) is 5.92 Å². The molecule has 0 saturated heterocycles. The Bertz CT molecular complexity index is 235. The number of hydrogen-bond acceptors (Lipinski definition) is 4. The second-order valence-electron chi connectivity index (χ2n) is 1.84. The zero-order chi connectivity index (χ0) is 9.72. The van der Waals surface area contributed by atoms with Gasteiger partial charge in [-0.1, -0.05) is 22.6 Å². The van der Waals surface area contributed by atoms with Crippen LogP contribution in [0.15, 0.2) is 0 Å². The number of alkyl halides is 1. The summed E-state index contributed by atoms with van der Waals surface area (Å²) in [5, 5.41) is 8.54. The molecule has 0 radical (unpaired) electrons. The fourth-order valence-electron chi connectivity index (χ4n) is 0.496. The van der Waals surface area contributed by atoms with Crippen LogP contribution in [0.3, 0.4) is 0 Å². The first-order valence-corrected chi connectivity index (χ1v) is 5.18. The Labute approximate surface area is 96.9 Å². The average molecular weight is 393 g/mol. The Balaban J connectivity index is 4.48. The molecule has 0 saturated carbocycles. The van der Waals surface area contributed by atoms with Gasteiger partial charge in [0.1, 0.15) is 3.92 Å². The summed E-state index contributed by atoms with van der Waals surface area (Å²) in [7, 11) is 1.19. The van der Waals surface area contributed by atoms with E-state index in [4.69, 9.17) is 5.26 Å². The molecule has 0 rings (SSSR count). The number of carbonyl (C=O) groups is 2. The smallest absolute Gasteiger partial charge is 0.324 e. The lowest BCUT2D eigenvalue weighted by Crippen LogP contribution is -2.27. The molecule has 0 aliphatic rings. The van der Waals surface area contributed by atoms with Crippen LogP contribution in [0.1, 0.15) is 0 Å². The Morgan fingerprint density at radius 1 is 1.58 bits per heavy atom. The summed E-state index contributed by atoms with van der Waals surface area (Å²) in [5.74, 6) is -1.66. The van der Waals surface area contributed by atoms with E-state index in [9.17, 15) is 9.59 Å². The van der Waals surface area contributed by atoms with Crippen molar-refractivity contribution in [3.05, 3.63) is 0 Å². The predicted octanol–water partition coefficient (Wildman–Crippen LogP) is 1.06. The first kappa shape index (κ1) is 12.1. The highest BCUT2D eigenvalue weighted by Gasteiger charge is 2.31. The number of rotatable bonds is 3. The standard InChI is InChI=1S/C6H5I2NO3/c1-12-6(11)3(2-9)4(7)5(8)10/h3-4H,1H3. The highest BCUT2D eigenvalue weighted by atomic mass is 127. The van der Waals surface area contributed by atoms with Crippen LogP contribution in [0.4, 0.5) is 0 Å². The number of methoxy groups -OCH3 is 1. The predicted molar refractivity (Wildman–Crippen MR) is 58.0 cm³/mol. The van der Waals surface area contributed by atoms with E-state index < -0.39 is 15.8 Å². The average Bonchev–Trinajstić information content (AvgIpc) is 2.05. The van der Waals surface area contributed by atoms with E-state index in [1.165, 1.54) is 7.11 Å². The van der Waals surface area contributed by atoms with Gasteiger partial charge in [-0.3, -0.25) is 9.59 Å². The quantitative estimate of drug-likeness (QED) is 0.312. The van der Waals surface area contributed by atoms with Crippen molar-refractivity contribution in [3.63, 3.8) is 0 Å². The van der Waals surface area contributed by atoms with Gasteiger partial charge in [0.25, 0.3) is 0 Å². The van der Waals surface area contributed by atoms with Gasteiger partial charge in [0.15, 0.2) is 5.92 Å². The number of nitriles is 1. The van der Waals surface area contributed by atoms with Gasteiger partial charge in [0.2, 0.25) is 3.79 Å². The molecule has 2 atom stereocenters. The normalized spacial score (nSPS) is 14.2. The molecule has 2 unspecified atom stereocenters. The van der Waals surface area contributed by atoms with Gasteiger partial charge < -0.3 is 4.74 Å². The molecular formula is C6H5I2NO3. The van der Waals surface area contributed by atoms with Gasteiger partial charge in [-0.25, -0.2) is 0 Å². The molecule has 0 amide bonds. The Hall–Kier alpha value is 0.0900. The number of ether oxygens (including phenoxy) is 1. The third-order valence-electron chi connectivity index (χ3n) is 1.10. The zero-order valence-electron chi connectivity index (χ0n) is 6.08. The van der Waals surface area contributed by atoms with Crippen LogP contribution in [0.2, 0.25) is 0 Å². The van der Waals surface area contributed by atoms with Gasteiger partial charge in [-0.05, 0) is 0 Å². The second-order valence-corrected chi connectivity index (χ2v) is 4.24. The highest BCUT2D eigenvalue weighted by molar-refractivity contribution is 14.1. The number of nitrogens with zero attached hydrogens (tertiary/aromatic N) is 1. The van der Waals surface area contributed by atoms with E-state index in [1.54, 1.807) is 51.3 Å². The van der Waals surface area contributed by atoms with Crippen LogP contribution >= 0.6 is 45.2 Å². The molecule has 6 heteroatoms. The van der Waals surface area contributed by atoms with E-state index >= 15 is 0 Å². The van der Waals surface area contributed by atoms with Gasteiger partial charge >= 0.3 is 5.97 Å². The molecule has 0 aromatic heterocycles. The molecule has 0 bridgehead atoms. The van der Waals surface area contributed by atoms with Crippen LogP contribution in [0.25, 0.3) is 0 Å². The van der Waals surface area contributed by atoms with Crippen molar-refractivity contribution in [2.75, 3.05) is 7.11 Å². The number of halogens is 2. The largest absolute Gasteiger partial charge is 0.468 e. The van der Waals surface area contributed by atoms with E-state index in [2.05, 4.69) is 4.74 Å². The van der Waals surface area contributed by atoms with Crippen LogP contribution in [-0.2, 0) is 14.3 Å². The fourth-order valence-corrected chi connectivity index (χ4v) is 1.31. The Kier molecular flexibility index (Phi) is 5.73. The van der Waals surface area contributed by atoms with Crippen molar-refractivity contribution in [1.82, 2.24) is 0 Å². The fraction of sp³-hybridized carbons (Fsp3) is 0.500. The molecule has 0 spiro atoms. The van der Waals surface area contributed by atoms with E-state index in [1.807, 2.05) is 0 Å². The van der Waals surface area contributed by atoms with E-state index in [0.717, 1.165) is 0 Å². The summed E-state index contributed by atoms with van der Waals surface area (Å²) < 4.78 is 3.48. The molecule has 12 heavy (non-hydrogen) atoms. The zero-order valence-corrected chi connectivity index (χ0v) is 10.4. The van der Waals surface area contributed by atoms with Crippen LogP contribution < -0.4 is 0 Å². The maximum absolute atomic E-state index is 10.9. The Morgan fingerprint density at radius 2 is 2.08 bits per heavy atom. The summed E-state index contributed by atoms with van der Waals surface area (Å²) in [4.78, 5) is 21.7. The summed E-state index contributed by atoms with van der Waals surface area (Å²) >= 11 is 3.30. The minimum atomic E-state index is -1.00. The molecule has 0 aliphatic carbocycles. The lowest BCUT2D eigenvalue weighted by atomic mass is 10.1. The molecule has 0 aliphatic heterocycles. The lowest BCUT2D eigenvalue weighted by Gasteiger charge is -2.08. The van der Waals surface area contributed by atoms with Gasteiger partial charge in [0.05, 0.1) is 13.2 Å². The van der Waals surface area contributed by atoms with Crippen molar-refractivity contribution in [1.29, 1.82) is 5.26 Å². The van der Waals surface area contributed by atoms with Crippen LogP contribution in [0.5, 0.6) is 0 Å². The molecule has 0 aromatic rings. The van der Waals surface area contributed by atoms with E-state index in [-0.39, 0.29) is 3.79 Å². The molecule has 0 fully saturated rings. The summed E-state index contributed by atoms with van der Waals surface area (Å²) in [6.45, 7) is 0. The van der Waals surface area contributed by atoms with Crippen molar-refractivity contribution >= 4 is 54.9 Å². The molecule has 66 valence electrons. The van der Waals surface area contributed by atoms with Gasteiger partial charge in [-0.2, -0.15) is 5.26 Å². The third kappa shape index (κ3) is 3.22. The van der Waals surface area contributed by atoms with E-state index in [0.29, 0.717) is 0 Å². The molecule has 0 N–H and O–H groups in total. The number of esters is 1. The Morgan fingerprint density at radius 3 is 2.33 bits per heavy atom. The van der Waals surface area contributed by atoms with Crippen LogP contribution in [0, 0.1) is 17.2 Å². The summed E-state index contributed by atoms with van der Waals surface area (Å²) in [6, 6.07) is 1.73. The molecular weight excluding hydrogens is 388 g/mol. The maximum Gasteiger partial charge on any atom is 0.324 e. The number of hydrogen-bond donors (Lipinski definition) is 0. The van der Waals surface area contributed by atoms with Crippen molar-refractivity contribution in [3.8, 4) is 6.07 Å². The van der Waals surface area contributed by atoms with Gasteiger partial charge in [-0.15, -0.1) is 0 Å².